The van der Waals surface area contributed by atoms with E-state index >= 15 is 0 Å². The molecule has 74 valence electrons. The Morgan fingerprint density at radius 2 is 2.29 bits per heavy atom. The molecule has 0 aliphatic carbocycles. The molecule has 0 saturated carbocycles. The van der Waals surface area contributed by atoms with E-state index in [1.54, 1.807) is 6.07 Å². The molecule has 1 rings (SSSR count). The van der Waals surface area contributed by atoms with Crippen LogP contribution in [0.1, 0.15) is 12.0 Å². The molecule has 0 atom stereocenters. The summed E-state index contributed by atoms with van der Waals surface area (Å²) in [5.74, 6) is 0. The predicted molar refractivity (Wildman–Crippen MR) is 61.0 cm³/mol. The van der Waals surface area contributed by atoms with Gasteiger partial charge < -0.3 is 11.1 Å². The number of hydrogen-bond donors (Lipinski definition) is 2. The van der Waals surface area contributed by atoms with Crippen LogP contribution in [0.15, 0.2) is 22.7 Å². The first kappa shape index (κ1) is 11.0. The van der Waals surface area contributed by atoms with E-state index < -0.39 is 0 Å². The fourth-order valence-corrected chi connectivity index (χ4v) is 1.45. The van der Waals surface area contributed by atoms with Gasteiger partial charge in [-0.1, -0.05) is 15.9 Å². The number of hydrogen-bond acceptors (Lipinski definition) is 3. The fraction of sp³-hybridized carbons (Fsp3) is 0.300. The van der Waals surface area contributed by atoms with Gasteiger partial charge in [-0.15, -0.1) is 0 Å². The van der Waals surface area contributed by atoms with Gasteiger partial charge in [0, 0.05) is 11.0 Å². The van der Waals surface area contributed by atoms with Crippen LogP contribution in [0.5, 0.6) is 0 Å². The second-order valence-corrected chi connectivity index (χ2v) is 3.79. The van der Waals surface area contributed by atoms with Crippen LogP contribution in [0.3, 0.4) is 0 Å². The Kier molecular flexibility index (Phi) is 4.44. The second kappa shape index (κ2) is 5.63. The standard InChI is InChI=1S/C10H12BrN3/c11-9-3-2-8(7-13)10(6-9)14-5-1-4-12/h2-3,6,14H,1,4-5,12H2. The number of nitrogens with zero attached hydrogens (tertiary/aromatic N) is 1. The van der Waals surface area contributed by atoms with E-state index in [4.69, 9.17) is 11.0 Å². The van der Waals surface area contributed by atoms with Crippen molar-refractivity contribution >= 4 is 21.6 Å². The maximum atomic E-state index is 8.84. The predicted octanol–water partition coefficient (Wildman–Crippen LogP) is 2.08. The minimum absolute atomic E-state index is 0.656. The van der Waals surface area contributed by atoms with Crippen LogP contribution in [0.2, 0.25) is 0 Å². The number of rotatable bonds is 4. The van der Waals surface area contributed by atoms with Gasteiger partial charge in [-0.05, 0) is 31.2 Å². The van der Waals surface area contributed by atoms with E-state index in [0.717, 1.165) is 23.1 Å². The number of benzene rings is 1. The maximum Gasteiger partial charge on any atom is 0.101 e. The summed E-state index contributed by atoms with van der Waals surface area (Å²) in [6.45, 7) is 1.45. The van der Waals surface area contributed by atoms with Gasteiger partial charge in [0.25, 0.3) is 0 Å². The molecular formula is C10H12BrN3. The Bertz CT molecular complexity index is 344. The van der Waals surface area contributed by atoms with Crippen LogP contribution < -0.4 is 11.1 Å². The molecule has 0 saturated heterocycles. The van der Waals surface area contributed by atoms with Gasteiger partial charge in [0.05, 0.1) is 11.3 Å². The maximum absolute atomic E-state index is 8.84. The average Bonchev–Trinajstić information content (AvgIpc) is 2.19. The van der Waals surface area contributed by atoms with Crippen molar-refractivity contribution in [2.75, 3.05) is 18.4 Å². The first-order chi connectivity index (χ1) is 6.77. The van der Waals surface area contributed by atoms with Crippen LogP contribution >= 0.6 is 15.9 Å². The van der Waals surface area contributed by atoms with Crippen molar-refractivity contribution in [1.82, 2.24) is 0 Å². The lowest BCUT2D eigenvalue weighted by Crippen LogP contribution is -2.09. The van der Waals surface area contributed by atoms with Crippen molar-refractivity contribution in [3.63, 3.8) is 0 Å². The zero-order chi connectivity index (χ0) is 10.4. The van der Waals surface area contributed by atoms with Crippen LogP contribution in [-0.4, -0.2) is 13.1 Å². The van der Waals surface area contributed by atoms with Crippen molar-refractivity contribution in [3.8, 4) is 6.07 Å². The van der Waals surface area contributed by atoms with Crippen molar-refractivity contribution in [2.45, 2.75) is 6.42 Å². The van der Waals surface area contributed by atoms with Gasteiger partial charge in [0.1, 0.15) is 6.07 Å². The third-order valence-electron chi connectivity index (χ3n) is 1.80. The van der Waals surface area contributed by atoms with Gasteiger partial charge in [0.2, 0.25) is 0 Å². The van der Waals surface area contributed by atoms with Crippen LogP contribution in [0, 0.1) is 11.3 Å². The Hall–Kier alpha value is -1.05. The summed E-state index contributed by atoms with van der Waals surface area (Å²) in [5.41, 5.74) is 6.89. The van der Waals surface area contributed by atoms with E-state index in [2.05, 4.69) is 27.3 Å². The van der Waals surface area contributed by atoms with E-state index in [-0.39, 0.29) is 0 Å². The van der Waals surface area contributed by atoms with E-state index in [1.165, 1.54) is 0 Å². The molecule has 0 radical (unpaired) electrons. The molecule has 4 heteroatoms. The number of nitriles is 1. The molecule has 1 aromatic carbocycles. The number of anilines is 1. The van der Waals surface area contributed by atoms with Gasteiger partial charge in [-0.2, -0.15) is 5.26 Å². The third kappa shape index (κ3) is 3.02. The van der Waals surface area contributed by atoms with Crippen LogP contribution in [0.4, 0.5) is 5.69 Å². The molecule has 0 amide bonds. The molecule has 14 heavy (non-hydrogen) atoms. The lowest BCUT2D eigenvalue weighted by molar-refractivity contribution is 0.874. The quantitative estimate of drug-likeness (QED) is 0.808. The molecule has 3 N–H and O–H groups in total. The molecule has 0 unspecified atom stereocenters. The van der Waals surface area contributed by atoms with Crippen LogP contribution in [-0.2, 0) is 0 Å². The number of nitrogens with two attached hydrogens (primary N) is 1. The summed E-state index contributed by atoms with van der Waals surface area (Å²) in [6, 6.07) is 7.67. The van der Waals surface area contributed by atoms with Gasteiger partial charge in [-0.25, -0.2) is 0 Å². The molecule has 0 aromatic heterocycles. The SMILES string of the molecule is N#Cc1ccc(Br)cc1NCCCN. The normalized spacial score (nSPS) is 9.50. The van der Waals surface area contributed by atoms with Gasteiger partial charge in [-0.3, -0.25) is 0 Å². The summed E-state index contributed by atoms with van der Waals surface area (Å²) in [5, 5.41) is 12.0. The Balaban J connectivity index is 2.73. The highest BCUT2D eigenvalue weighted by Crippen LogP contribution is 2.20. The van der Waals surface area contributed by atoms with Crippen molar-refractivity contribution in [3.05, 3.63) is 28.2 Å². The smallest absolute Gasteiger partial charge is 0.101 e. The average molecular weight is 254 g/mol. The molecule has 0 aliphatic heterocycles. The van der Waals surface area contributed by atoms with Crippen LogP contribution in [0.25, 0.3) is 0 Å². The monoisotopic (exact) mass is 253 g/mol. The summed E-state index contributed by atoms with van der Waals surface area (Å²) in [4.78, 5) is 0. The second-order valence-electron chi connectivity index (χ2n) is 2.87. The zero-order valence-corrected chi connectivity index (χ0v) is 9.34. The van der Waals surface area contributed by atoms with Crippen molar-refractivity contribution in [1.29, 1.82) is 5.26 Å². The number of halogens is 1. The largest absolute Gasteiger partial charge is 0.384 e. The Morgan fingerprint density at radius 1 is 1.50 bits per heavy atom. The summed E-state index contributed by atoms with van der Waals surface area (Å²) in [7, 11) is 0. The molecule has 0 aliphatic rings. The minimum Gasteiger partial charge on any atom is -0.384 e. The van der Waals surface area contributed by atoms with Gasteiger partial charge >= 0.3 is 0 Å². The van der Waals surface area contributed by atoms with E-state index in [9.17, 15) is 0 Å². The lowest BCUT2D eigenvalue weighted by atomic mass is 10.2. The van der Waals surface area contributed by atoms with Gasteiger partial charge in [0.15, 0.2) is 0 Å². The molecule has 3 nitrogen and oxygen atoms in total. The fourth-order valence-electron chi connectivity index (χ4n) is 1.09. The van der Waals surface area contributed by atoms with Crippen molar-refractivity contribution < 1.29 is 0 Å². The zero-order valence-electron chi connectivity index (χ0n) is 7.76. The first-order valence-corrected chi connectivity index (χ1v) is 5.21. The molecule has 0 fully saturated rings. The minimum atomic E-state index is 0.656. The lowest BCUT2D eigenvalue weighted by Gasteiger charge is -2.07. The van der Waals surface area contributed by atoms with E-state index in [0.29, 0.717) is 12.1 Å². The number of nitrogens with one attached hydrogen (secondary N) is 1. The molecule has 0 bridgehead atoms. The summed E-state index contributed by atoms with van der Waals surface area (Å²) < 4.78 is 0.965. The highest BCUT2D eigenvalue weighted by Gasteiger charge is 2.00. The summed E-state index contributed by atoms with van der Waals surface area (Å²) >= 11 is 3.36. The highest BCUT2D eigenvalue weighted by atomic mass is 79.9. The van der Waals surface area contributed by atoms with E-state index in [1.807, 2.05) is 12.1 Å². The van der Waals surface area contributed by atoms with Crippen molar-refractivity contribution in [2.24, 2.45) is 5.73 Å². The first-order valence-electron chi connectivity index (χ1n) is 4.41. The highest BCUT2D eigenvalue weighted by molar-refractivity contribution is 9.10. The molecule has 0 spiro atoms. The summed E-state index contributed by atoms with van der Waals surface area (Å²) in [6.07, 6.45) is 0.900. The third-order valence-corrected chi connectivity index (χ3v) is 2.29. The molecule has 1 aromatic rings. The Labute approximate surface area is 92.0 Å². The molecule has 0 heterocycles. The topological polar surface area (TPSA) is 61.8 Å². The Morgan fingerprint density at radius 3 is 2.93 bits per heavy atom. The molecular weight excluding hydrogens is 242 g/mol.